The first-order valence-corrected chi connectivity index (χ1v) is 8.59. The predicted molar refractivity (Wildman–Crippen MR) is 84.5 cm³/mol. The van der Waals surface area contributed by atoms with E-state index in [0.29, 0.717) is 11.9 Å². The second-order valence-corrected chi connectivity index (χ2v) is 6.78. The molecule has 1 saturated heterocycles. The maximum absolute atomic E-state index is 5.95. The third-order valence-corrected chi connectivity index (χ3v) is 5.03. The number of aryl methyl sites for hydroxylation is 2. The summed E-state index contributed by atoms with van der Waals surface area (Å²) in [6, 6.07) is 7.14. The molecule has 2 nitrogen and oxygen atoms in total. The van der Waals surface area contributed by atoms with E-state index in [4.69, 9.17) is 16.6 Å². The first kappa shape index (κ1) is 13.3. The van der Waals surface area contributed by atoms with Crippen LogP contribution in [0.4, 0.5) is 0 Å². The van der Waals surface area contributed by atoms with Crippen LogP contribution in [0.5, 0.6) is 0 Å². The SMILES string of the molecule is Cc1ccc2nc(CCCl)n(C3CCSCC3)c2c1. The van der Waals surface area contributed by atoms with Crippen molar-refractivity contribution in [3.8, 4) is 0 Å². The molecule has 0 unspecified atom stereocenters. The summed E-state index contributed by atoms with van der Waals surface area (Å²) in [5.41, 5.74) is 3.71. The largest absolute Gasteiger partial charge is 0.325 e. The summed E-state index contributed by atoms with van der Waals surface area (Å²) in [6.07, 6.45) is 3.36. The third kappa shape index (κ3) is 2.63. The lowest BCUT2D eigenvalue weighted by Crippen LogP contribution is -2.17. The van der Waals surface area contributed by atoms with E-state index in [1.807, 2.05) is 0 Å². The molecule has 0 radical (unpaired) electrons. The van der Waals surface area contributed by atoms with Crippen molar-refractivity contribution in [2.75, 3.05) is 17.4 Å². The number of thioether (sulfide) groups is 1. The van der Waals surface area contributed by atoms with Crippen molar-refractivity contribution in [3.63, 3.8) is 0 Å². The van der Waals surface area contributed by atoms with Crippen LogP contribution in [-0.2, 0) is 6.42 Å². The Kier molecular flexibility index (Phi) is 4.04. The average molecular weight is 295 g/mol. The van der Waals surface area contributed by atoms with E-state index in [1.165, 1.54) is 35.4 Å². The highest BCUT2D eigenvalue weighted by atomic mass is 35.5. The number of imidazole rings is 1. The fourth-order valence-corrected chi connectivity index (χ4v) is 4.12. The fourth-order valence-electron chi connectivity index (χ4n) is 2.86. The summed E-state index contributed by atoms with van der Waals surface area (Å²) in [7, 11) is 0. The Morgan fingerprint density at radius 1 is 1.37 bits per heavy atom. The van der Waals surface area contributed by atoms with Crippen LogP contribution in [0.25, 0.3) is 11.0 Å². The lowest BCUT2D eigenvalue weighted by Gasteiger charge is -2.25. The van der Waals surface area contributed by atoms with Crippen LogP contribution in [0.15, 0.2) is 18.2 Å². The van der Waals surface area contributed by atoms with Gasteiger partial charge in [0.15, 0.2) is 0 Å². The van der Waals surface area contributed by atoms with Crippen molar-refractivity contribution >= 4 is 34.4 Å². The molecule has 1 aliphatic rings. The van der Waals surface area contributed by atoms with Gasteiger partial charge in [-0.15, -0.1) is 11.6 Å². The second kappa shape index (κ2) is 5.76. The molecule has 1 fully saturated rings. The number of alkyl halides is 1. The Labute approximate surface area is 123 Å². The zero-order valence-electron chi connectivity index (χ0n) is 11.2. The maximum atomic E-state index is 5.95. The first-order valence-electron chi connectivity index (χ1n) is 6.91. The molecule has 1 aromatic carbocycles. The topological polar surface area (TPSA) is 17.8 Å². The van der Waals surface area contributed by atoms with Crippen LogP contribution >= 0.6 is 23.4 Å². The first-order chi connectivity index (χ1) is 9.29. The van der Waals surface area contributed by atoms with E-state index in [1.54, 1.807) is 0 Å². The van der Waals surface area contributed by atoms with E-state index < -0.39 is 0 Å². The standard InChI is InChI=1S/C15H19ClN2S/c1-11-2-3-13-14(10-11)18(15(17-13)4-7-16)12-5-8-19-9-6-12/h2-3,10,12H,4-9H2,1H3. The lowest BCUT2D eigenvalue weighted by molar-refractivity contribution is 0.466. The molecule has 0 atom stereocenters. The van der Waals surface area contributed by atoms with Crippen LogP contribution in [0.2, 0.25) is 0 Å². The molecule has 102 valence electrons. The lowest BCUT2D eigenvalue weighted by atomic mass is 10.1. The molecule has 4 heteroatoms. The van der Waals surface area contributed by atoms with Gasteiger partial charge < -0.3 is 4.57 Å². The van der Waals surface area contributed by atoms with E-state index in [-0.39, 0.29) is 0 Å². The van der Waals surface area contributed by atoms with Crippen molar-refractivity contribution in [1.29, 1.82) is 0 Å². The maximum Gasteiger partial charge on any atom is 0.111 e. The quantitative estimate of drug-likeness (QED) is 0.790. The summed E-state index contributed by atoms with van der Waals surface area (Å²) < 4.78 is 2.46. The van der Waals surface area contributed by atoms with Crippen molar-refractivity contribution < 1.29 is 0 Å². The van der Waals surface area contributed by atoms with Gasteiger partial charge in [-0.05, 0) is 49.0 Å². The third-order valence-electron chi connectivity index (χ3n) is 3.79. The molecule has 1 aliphatic heterocycles. The van der Waals surface area contributed by atoms with Gasteiger partial charge in [0.05, 0.1) is 11.0 Å². The molecule has 0 N–H and O–H groups in total. The summed E-state index contributed by atoms with van der Waals surface area (Å²) in [5, 5.41) is 0. The molecule has 3 rings (SSSR count). The molecular formula is C15H19ClN2S. The highest BCUT2D eigenvalue weighted by molar-refractivity contribution is 7.99. The van der Waals surface area contributed by atoms with Gasteiger partial charge in [-0.2, -0.15) is 11.8 Å². The molecule has 19 heavy (non-hydrogen) atoms. The van der Waals surface area contributed by atoms with Gasteiger partial charge in [-0.1, -0.05) is 6.07 Å². The normalized spacial score (nSPS) is 17.2. The number of aromatic nitrogens is 2. The average Bonchev–Trinajstić information content (AvgIpc) is 2.77. The van der Waals surface area contributed by atoms with Gasteiger partial charge in [0.2, 0.25) is 0 Å². The van der Waals surface area contributed by atoms with Crippen molar-refractivity contribution in [3.05, 3.63) is 29.6 Å². The predicted octanol–water partition coefficient (Wildman–Crippen LogP) is 4.19. The van der Waals surface area contributed by atoms with Crippen molar-refractivity contribution in [2.45, 2.75) is 32.2 Å². The van der Waals surface area contributed by atoms with Crippen molar-refractivity contribution in [1.82, 2.24) is 9.55 Å². The molecule has 0 saturated carbocycles. The summed E-state index contributed by atoms with van der Waals surface area (Å²) in [4.78, 5) is 4.79. The number of hydrogen-bond donors (Lipinski definition) is 0. The molecule has 0 aliphatic carbocycles. The zero-order chi connectivity index (χ0) is 13.2. The summed E-state index contributed by atoms with van der Waals surface area (Å²) in [6.45, 7) is 2.15. The monoisotopic (exact) mass is 294 g/mol. The van der Waals surface area contributed by atoms with E-state index in [9.17, 15) is 0 Å². The highest BCUT2D eigenvalue weighted by Crippen LogP contribution is 2.32. The zero-order valence-corrected chi connectivity index (χ0v) is 12.8. The number of fused-ring (bicyclic) bond motifs is 1. The van der Waals surface area contributed by atoms with Crippen LogP contribution in [0, 0.1) is 6.92 Å². The summed E-state index contributed by atoms with van der Waals surface area (Å²) >= 11 is 8.01. The minimum absolute atomic E-state index is 0.603. The van der Waals surface area contributed by atoms with Gasteiger partial charge in [0.25, 0.3) is 0 Å². The van der Waals surface area contributed by atoms with E-state index >= 15 is 0 Å². The Hall–Kier alpha value is -0.670. The number of benzene rings is 1. The number of rotatable bonds is 3. The highest BCUT2D eigenvalue weighted by Gasteiger charge is 2.21. The Morgan fingerprint density at radius 2 is 2.16 bits per heavy atom. The van der Waals surface area contributed by atoms with Gasteiger partial charge in [-0.3, -0.25) is 0 Å². The minimum atomic E-state index is 0.603. The van der Waals surface area contributed by atoms with Crippen molar-refractivity contribution in [2.24, 2.45) is 0 Å². The van der Waals surface area contributed by atoms with Gasteiger partial charge >= 0.3 is 0 Å². The van der Waals surface area contributed by atoms with Gasteiger partial charge in [-0.25, -0.2) is 4.98 Å². The fraction of sp³-hybridized carbons (Fsp3) is 0.533. The van der Waals surface area contributed by atoms with Gasteiger partial charge in [0, 0.05) is 18.3 Å². The molecule has 1 aromatic heterocycles. The number of hydrogen-bond acceptors (Lipinski definition) is 2. The van der Waals surface area contributed by atoms with Crippen LogP contribution in [-0.4, -0.2) is 26.9 Å². The molecule has 2 heterocycles. The molecule has 2 aromatic rings. The number of nitrogens with zero attached hydrogens (tertiary/aromatic N) is 2. The smallest absolute Gasteiger partial charge is 0.111 e. The minimum Gasteiger partial charge on any atom is -0.325 e. The van der Waals surface area contributed by atoms with E-state index in [0.717, 1.165) is 17.8 Å². The van der Waals surface area contributed by atoms with Gasteiger partial charge in [0.1, 0.15) is 5.82 Å². The molecular weight excluding hydrogens is 276 g/mol. The Bertz CT molecular complexity index is 573. The molecule has 0 spiro atoms. The van der Waals surface area contributed by atoms with Crippen LogP contribution in [0.3, 0.4) is 0 Å². The second-order valence-electron chi connectivity index (χ2n) is 5.17. The molecule has 0 bridgehead atoms. The van der Waals surface area contributed by atoms with E-state index in [2.05, 4.69) is 41.5 Å². The van der Waals surface area contributed by atoms with Crippen LogP contribution < -0.4 is 0 Å². The van der Waals surface area contributed by atoms with Crippen LogP contribution in [0.1, 0.15) is 30.3 Å². The summed E-state index contributed by atoms with van der Waals surface area (Å²) in [5.74, 6) is 4.32. The number of halogens is 1. The Balaban J connectivity index is 2.11. The molecule has 0 amide bonds. The Morgan fingerprint density at radius 3 is 2.89 bits per heavy atom.